The van der Waals surface area contributed by atoms with Crippen molar-refractivity contribution in [3.63, 3.8) is 0 Å². The van der Waals surface area contributed by atoms with Crippen LogP contribution in [0.25, 0.3) is 0 Å². The molecule has 1 amide bonds. The summed E-state index contributed by atoms with van der Waals surface area (Å²) in [4.78, 5) is 11.9. The highest BCUT2D eigenvalue weighted by atomic mass is 16.6. The number of hydrogen-bond acceptors (Lipinski definition) is 4. The Morgan fingerprint density at radius 1 is 1.24 bits per heavy atom. The van der Waals surface area contributed by atoms with Gasteiger partial charge in [0.1, 0.15) is 11.4 Å². The molecule has 0 aromatic heterocycles. The highest BCUT2D eigenvalue weighted by Gasteiger charge is 2.17. The van der Waals surface area contributed by atoms with Gasteiger partial charge in [-0.1, -0.05) is 13.3 Å². The van der Waals surface area contributed by atoms with Gasteiger partial charge in [0.15, 0.2) is 0 Å². The Morgan fingerprint density at radius 3 is 2.52 bits per heavy atom. The Kier molecular flexibility index (Phi) is 6.34. The van der Waals surface area contributed by atoms with Crippen molar-refractivity contribution in [2.24, 2.45) is 0 Å². The topological polar surface area (TPSA) is 59.6 Å². The maximum absolute atomic E-state index is 11.9. The fourth-order valence-corrected chi connectivity index (χ4v) is 1.72. The van der Waals surface area contributed by atoms with E-state index in [4.69, 9.17) is 9.47 Å². The molecular formula is C16H26N2O3. The van der Waals surface area contributed by atoms with Gasteiger partial charge < -0.3 is 14.8 Å². The lowest BCUT2D eigenvalue weighted by atomic mass is 10.2. The molecule has 1 aromatic rings. The Labute approximate surface area is 127 Å². The van der Waals surface area contributed by atoms with Gasteiger partial charge in [-0.05, 0) is 39.3 Å². The number of carbonyl (C=O) groups is 1. The van der Waals surface area contributed by atoms with Gasteiger partial charge in [0, 0.05) is 12.6 Å². The average Bonchev–Trinajstić information content (AvgIpc) is 2.38. The maximum Gasteiger partial charge on any atom is 0.412 e. The van der Waals surface area contributed by atoms with E-state index in [0.29, 0.717) is 5.69 Å². The van der Waals surface area contributed by atoms with Crippen molar-refractivity contribution in [3.8, 4) is 5.75 Å². The fraction of sp³-hybridized carbons (Fsp3) is 0.562. The maximum atomic E-state index is 11.9. The molecule has 0 saturated heterocycles. The number of hydrogen-bond donors (Lipinski definition) is 2. The molecule has 5 nitrogen and oxygen atoms in total. The lowest BCUT2D eigenvalue weighted by Gasteiger charge is -2.21. The van der Waals surface area contributed by atoms with E-state index in [1.54, 1.807) is 19.2 Å². The first kappa shape index (κ1) is 17.1. The lowest BCUT2D eigenvalue weighted by molar-refractivity contribution is 0.0636. The number of nitrogens with one attached hydrogen (secondary N) is 2. The third kappa shape index (κ3) is 6.38. The van der Waals surface area contributed by atoms with Crippen LogP contribution in [0.2, 0.25) is 0 Å². The van der Waals surface area contributed by atoms with E-state index in [1.807, 2.05) is 26.8 Å². The number of methoxy groups -OCH3 is 1. The second-order valence-corrected chi connectivity index (χ2v) is 5.82. The third-order valence-corrected chi connectivity index (χ3v) is 2.71. The number of amides is 1. The van der Waals surface area contributed by atoms with Crippen LogP contribution in [-0.2, 0) is 4.74 Å². The van der Waals surface area contributed by atoms with E-state index in [2.05, 4.69) is 17.6 Å². The zero-order chi connectivity index (χ0) is 15.9. The molecule has 2 N–H and O–H groups in total. The molecule has 0 unspecified atom stereocenters. The van der Waals surface area contributed by atoms with Crippen LogP contribution in [0.1, 0.15) is 40.5 Å². The molecule has 0 bridgehead atoms. The highest BCUT2D eigenvalue weighted by molar-refractivity contribution is 5.90. The first-order valence-corrected chi connectivity index (χ1v) is 7.27. The molecule has 0 aliphatic heterocycles. The monoisotopic (exact) mass is 294 g/mol. The summed E-state index contributed by atoms with van der Waals surface area (Å²) in [7, 11) is 1.62. The summed E-state index contributed by atoms with van der Waals surface area (Å²) in [5, 5.41) is 6.07. The second-order valence-electron chi connectivity index (χ2n) is 5.82. The van der Waals surface area contributed by atoms with Gasteiger partial charge in [-0.25, -0.2) is 4.79 Å². The summed E-state index contributed by atoms with van der Waals surface area (Å²) < 4.78 is 10.5. The molecule has 118 valence electrons. The molecule has 0 aliphatic carbocycles. The molecule has 0 spiro atoms. The molecule has 1 rings (SSSR count). The zero-order valence-electron chi connectivity index (χ0n) is 13.6. The summed E-state index contributed by atoms with van der Waals surface area (Å²) in [6, 6.07) is 5.47. The van der Waals surface area contributed by atoms with E-state index < -0.39 is 11.7 Å². The van der Waals surface area contributed by atoms with E-state index in [-0.39, 0.29) is 0 Å². The van der Waals surface area contributed by atoms with Gasteiger partial charge in [0.2, 0.25) is 0 Å². The van der Waals surface area contributed by atoms with Crippen molar-refractivity contribution in [1.29, 1.82) is 0 Å². The van der Waals surface area contributed by atoms with E-state index in [0.717, 1.165) is 30.8 Å². The number of ether oxygens (including phenoxy) is 2. The molecule has 0 aliphatic rings. The first-order valence-electron chi connectivity index (χ1n) is 7.27. The minimum Gasteiger partial charge on any atom is -0.497 e. The fourth-order valence-electron chi connectivity index (χ4n) is 1.72. The van der Waals surface area contributed by atoms with E-state index in [9.17, 15) is 4.79 Å². The molecule has 5 heteroatoms. The number of anilines is 2. The quantitative estimate of drug-likeness (QED) is 0.770. The lowest BCUT2D eigenvalue weighted by Crippen LogP contribution is -2.27. The Bertz CT molecular complexity index is 467. The molecule has 0 heterocycles. The summed E-state index contributed by atoms with van der Waals surface area (Å²) in [5.41, 5.74) is 0.988. The van der Waals surface area contributed by atoms with Gasteiger partial charge in [-0.3, -0.25) is 5.32 Å². The van der Waals surface area contributed by atoms with Gasteiger partial charge in [0.05, 0.1) is 18.5 Å². The smallest absolute Gasteiger partial charge is 0.412 e. The Morgan fingerprint density at radius 2 is 1.95 bits per heavy atom. The predicted octanol–water partition coefficient (Wildman–Crippen LogP) is 4.25. The summed E-state index contributed by atoms with van der Waals surface area (Å²) in [5.74, 6) is 0.740. The second kappa shape index (κ2) is 7.76. The minimum atomic E-state index is -0.521. The highest BCUT2D eigenvalue weighted by Crippen LogP contribution is 2.27. The number of carbonyl (C=O) groups excluding carboxylic acids is 1. The summed E-state index contributed by atoms with van der Waals surface area (Å²) in [6.07, 6.45) is 1.70. The molecule has 0 fully saturated rings. The molecule has 1 aromatic carbocycles. The van der Waals surface area contributed by atoms with E-state index in [1.165, 1.54) is 0 Å². The molecule has 0 radical (unpaired) electrons. The van der Waals surface area contributed by atoms with Gasteiger partial charge in [0.25, 0.3) is 0 Å². The van der Waals surface area contributed by atoms with Crippen LogP contribution in [0.5, 0.6) is 5.75 Å². The van der Waals surface area contributed by atoms with Gasteiger partial charge in [-0.15, -0.1) is 0 Å². The van der Waals surface area contributed by atoms with Crippen molar-refractivity contribution in [1.82, 2.24) is 0 Å². The van der Waals surface area contributed by atoms with Crippen LogP contribution >= 0.6 is 0 Å². The van der Waals surface area contributed by atoms with Crippen molar-refractivity contribution < 1.29 is 14.3 Å². The van der Waals surface area contributed by atoms with Crippen molar-refractivity contribution in [2.75, 3.05) is 24.3 Å². The van der Waals surface area contributed by atoms with Crippen molar-refractivity contribution in [3.05, 3.63) is 18.2 Å². The average molecular weight is 294 g/mol. The van der Waals surface area contributed by atoms with Crippen LogP contribution in [0.15, 0.2) is 18.2 Å². The van der Waals surface area contributed by atoms with Gasteiger partial charge in [-0.2, -0.15) is 0 Å². The van der Waals surface area contributed by atoms with Crippen molar-refractivity contribution >= 4 is 17.5 Å². The number of unbranched alkanes of at least 4 members (excludes halogenated alkanes) is 1. The van der Waals surface area contributed by atoms with Crippen molar-refractivity contribution in [2.45, 2.75) is 46.1 Å². The Balaban J connectivity index is 2.81. The van der Waals surface area contributed by atoms with Crippen LogP contribution < -0.4 is 15.4 Å². The summed E-state index contributed by atoms with van der Waals surface area (Å²) >= 11 is 0. The van der Waals surface area contributed by atoms with Crippen LogP contribution in [0.3, 0.4) is 0 Å². The number of benzene rings is 1. The zero-order valence-corrected chi connectivity index (χ0v) is 13.6. The predicted molar refractivity (Wildman–Crippen MR) is 86.2 cm³/mol. The normalized spacial score (nSPS) is 10.9. The number of rotatable bonds is 6. The first-order chi connectivity index (χ1) is 9.85. The van der Waals surface area contributed by atoms with Gasteiger partial charge >= 0.3 is 6.09 Å². The minimum absolute atomic E-state index is 0.466. The molecular weight excluding hydrogens is 268 g/mol. The SMILES string of the molecule is CCCCNc1cc(OC)ccc1NC(=O)OC(C)(C)C. The van der Waals surface area contributed by atoms with Crippen LogP contribution in [-0.4, -0.2) is 25.3 Å². The largest absolute Gasteiger partial charge is 0.497 e. The van der Waals surface area contributed by atoms with E-state index >= 15 is 0 Å². The van der Waals surface area contributed by atoms with Crippen LogP contribution in [0, 0.1) is 0 Å². The standard InChI is InChI=1S/C16H26N2O3/c1-6-7-10-17-14-11-12(20-5)8-9-13(14)18-15(19)21-16(2,3)4/h8-9,11,17H,6-7,10H2,1-5H3,(H,18,19). The molecule has 21 heavy (non-hydrogen) atoms. The summed E-state index contributed by atoms with van der Waals surface area (Å²) in [6.45, 7) is 8.48. The molecule has 0 atom stereocenters. The third-order valence-electron chi connectivity index (χ3n) is 2.71. The van der Waals surface area contributed by atoms with Crippen LogP contribution in [0.4, 0.5) is 16.2 Å². The Hall–Kier alpha value is -1.91. The molecule has 0 saturated carbocycles.